The normalized spacial score (nSPS) is 15.0. The quantitative estimate of drug-likeness (QED) is 0.475. The number of hydrogen-bond donors (Lipinski definition) is 0. The second-order valence-electron chi connectivity index (χ2n) is 4.07. The molecule has 0 spiro atoms. The average Bonchev–Trinajstić information content (AvgIpc) is 2.40. The number of pyridine rings is 1. The highest BCUT2D eigenvalue weighted by Crippen LogP contribution is 1.97. The maximum atomic E-state index is 11.7. The van der Waals surface area contributed by atoms with Gasteiger partial charge in [-0.15, -0.1) is 10.2 Å². The SMILES string of the molecule is Cc1cc[n+](OC(=O)N2CCOCC2)cc1.[O-][Cl+3]([O-])([O-])[O-]. The molecule has 1 fully saturated rings. The van der Waals surface area contributed by atoms with E-state index in [0.717, 1.165) is 5.56 Å². The Kier molecular flexibility index (Phi) is 6.75. The molecule has 0 bridgehead atoms. The van der Waals surface area contributed by atoms with E-state index in [1.165, 1.54) is 4.73 Å². The lowest BCUT2D eigenvalue weighted by Crippen LogP contribution is -2.68. The summed E-state index contributed by atoms with van der Waals surface area (Å²) in [7, 11) is -4.94. The Morgan fingerprint density at radius 1 is 1.24 bits per heavy atom. The van der Waals surface area contributed by atoms with E-state index in [1.807, 2.05) is 19.1 Å². The summed E-state index contributed by atoms with van der Waals surface area (Å²) in [5.74, 6) is 0. The van der Waals surface area contributed by atoms with Gasteiger partial charge in [-0.2, -0.15) is 4.84 Å². The first-order valence-electron chi connectivity index (χ1n) is 5.90. The number of morpholine rings is 1. The fourth-order valence-corrected chi connectivity index (χ4v) is 1.44. The Morgan fingerprint density at radius 2 is 1.71 bits per heavy atom. The van der Waals surface area contributed by atoms with Crippen LogP contribution in [0.25, 0.3) is 0 Å². The number of carbonyl (C=O) groups excluding carboxylic acids is 1. The van der Waals surface area contributed by atoms with Gasteiger partial charge >= 0.3 is 6.09 Å². The van der Waals surface area contributed by atoms with Crippen LogP contribution in [0.15, 0.2) is 24.5 Å². The van der Waals surface area contributed by atoms with E-state index in [1.54, 1.807) is 17.3 Å². The molecule has 1 amide bonds. The summed E-state index contributed by atoms with van der Waals surface area (Å²) in [5, 5.41) is 0. The van der Waals surface area contributed by atoms with Crippen LogP contribution in [0.2, 0.25) is 0 Å². The molecule has 1 aromatic rings. The third-order valence-electron chi connectivity index (χ3n) is 2.42. The minimum atomic E-state index is -4.94. The van der Waals surface area contributed by atoms with Gasteiger partial charge in [-0.1, -0.05) is 0 Å². The topological polar surface area (TPSA) is 135 Å². The number of halogens is 1. The number of amides is 1. The third kappa shape index (κ3) is 8.40. The summed E-state index contributed by atoms with van der Waals surface area (Å²) in [6.07, 6.45) is 3.10. The van der Waals surface area contributed by atoms with E-state index in [4.69, 9.17) is 28.2 Å². The first kappa shape index (κ1) is 17.6. The number of aromatic nitrogens is 1. The minimum Gasteiger partial charge on any atom is -0.378 e. The fourth-order valence-electron chi connectivity index (χ4n) is 1.44. The van der Waals surface area contributed by atoms with E-state index in [2.05, 4.69) is 0 Å². The number of carbonyl (C=O) groups is 1. The molecule has 1 saturated heterocycles. The van der Waals surface area contributed by atoms with Gasteiger partial charge in [-0.25, -0.2) is 23.4 Å². The van der Waals surface area contributed by atoms with Crippen molar-refractivity contribution in [1.29, 1.82) is 0 Å². The van der Waals surface area contributed by atoms with Crippen LogP contribution < -0.4 is 28.2 Å². The van der Waals surface area contributed by atoms with Gasteiger partial charge in [0.05, 0.1) is 13.2 Å². The molecule has 2 heterocycles. The molecule has 0 atom stereocenters. The Hall–Kier alpha value is -1.49. The summed E-state index contributed by atoms with van der Waals surface area (Å²) in [5.41, 5.74) is 1.12. The molecule has 9 nitrogen and oxygen atoms in total. The lowest BCUT2D eigenvalue weighted by molar-refractivity contribution is -2.00. The molecule has 0 saturated carbocycles. The van der Waals surface area contributed by atoms with Crippen molar-refractivity contribution >= 4 is 6.09 Å². The van der Waals surface area contributed by atoms with E-state index in [-0.39, 0.29) is 6.09 Å². The van der Waals surface area contributed by atoms with E-state index >= 15 is 0 Å². The number of hydrogen-bond acceptors (Lipinski definition) is 7. The van der Waals surface area contributed by atoms with Gasteiger partial charge in [0.25, 0.3) is 0 Å². The van der Waals surface area contributed by atoms with Crippen LogP contribution in [0.3, 0.4) is 0 Å². The van der Waals surface area contributed by atoms with Crippen molar-refractivity contribution < 1.29 is 48.0 Å². The van der Waals surface area contributed by atoms with Gasteiger partial charge in [-0.3, -0.25) is 4.90 Å². The Bertz CT molecular complexity index is 437. The first-order valence-corrected chi connectivity index (χ1v) is 7.14. The summed E-state index contributed by atoms with van der Waals surface area (Å²) in [6.45, 7) is 4.31. The standard InChI is InChI=1S/C11H15N2O3.ClHO4/c1-10-2-4-13(5-3-10)16-11(14)12-6-8-15-9-7-12;2-1(3,4)5/h2-5H,6-9H2,1H3;(H,2,3,4,5)/q+1;/p-1. The summed E-state index contributed by atoms with van der Waals surface area (Å²) >= 11 is 0. The maximum absolute atomic E-state index is 11.7. The molecule has 1 aliphatic rings. The monoisotopic (exact) mass is 322 g/mol. The van der Waals surface area contributed by atoms with Gasteiger partial charge in [-0.05, 0) is 12.5 Å². The molecule has 21 heavy (non-hydrogen) atoms. The number of aryl methyl sites for hydroxylation is 1. The van der Waals surface area contributed by atoms with Crippen LogP contribution in [-0.2, 0) is 4.74 Å². The van der Waals surface area contributed by atoms with Crippen molar-refractivity contribution in [2.75, 3.05) is 26.3 Å². The molecule has 1 aromatic heterocycles. The highest BCUT2D eigenvalue weighted by molar-refractivity contribution is 5.67. The second kappa shape index (κ2) is 8.08. The highest BCUT2D eigenvalue weighted by Gasteiger charge is 2.22. The van der Waals surface area contributed by atoms with Crippen molar-refractivity contribution in [3.05, 3.63) is 30.1 Å². The zero-order chi connectivity index (χ0) is 15.9. The largest absolute Gasteiger partial charge is 0.478 e. The molecular weight excluding hydrogens is 308 g/mol. The number of ether oxygens (including phenoxy) is 1. The van der Waals surface area contributed by atoms with Gasteiger partial charge in [0.2, 0.25) is 12.4 Å². The predicted molar refractivity (Wildman–Crippen MR) is 55.7 cm³/mol. The van der Waals surface area contributed by atoms with E-state index in [9.17, 15) is 4.79 Å². The van der Waals surface area contributed by atoms with Crippen LogP contribution in [0.5, 0.6) is 0 Å². The van der Waals surface area contributed by atoms with Crippen LogP contribution >= 0.6 is 0 Å². The van der Waals surface area contributed by atoms with Gasteiger partial charge in [0, 0.05) is 30.0 Å². The van der Waals surface area contributed by atoms with Crippen LogP contribution in [-0.4, -0.2) is 37.3 Å². The molecule has 0 radical (unpaired) electrons. The Morgan fingerprint density at radius 3 is 2.19 bits per heavy atom. The smallest absolute Gasteiger partial charge is 0.378 e. The fraction of sp³-hybridized carbons (Fsp3) is 0.455. The lowest BCUT2D eigenvalue weighted by Gasteiger charge is -2.23. The highest BCUT2D eigenvalue weighted by atomic mass is 35.7. The molecule has 10 heteroatoms. The van der Waals surface area contributed by atoms with Crippen molar-refractivity contribution in [3.8, 4) is 0 Å². The molecular formula is C11H15ClN2O7. The second-order valence-corrected chi connectivity index (χ2v) is 4.83. The summed E-state index contributed by atoms with van der Waals surface area (Å²) < 4.78 is 40.5. The lowest BCUT2D eigenvalue weighted by atomic mass is 10.3. The van der Waals surface area contributed by atoms with Crippen molar-refractivity contribution in [3.63, 3.8) is 0 Å². The van der Waals surface area contributed by atoms with Gasteiger partial charge < -0.3 is 4.74 Å². The first-order chi connectivity index (χ1) is 9.75. The number of nitrogens with zero attached hydrogens (tertiary/aromatic N) is 2. The molecule has 2 rings (SSSR count). The van der Waals surface area contributed by atoms with E-state index in [0.29, 0.717) is 26.3 Å². The van der Waals surface area contributed by atoms with Gasteiger partial charge in [0.1, 0.15) is 0 Å². The number of rotatable bonds is 1. The molecule has 0 N–H and O–H groups in total. The molecule has 118 valence electrons. The minimum absolute atomic E-state index is 0.336. The van der Waals surface area contributed by atoms with Crippen molar-refractivity contribution in [2.45, 2.75) is 6.92 Å². The zero-order valence-corrected chi connectivity index (χ0v) is 12.0. The Labute approximate surface area is 123 Å². The van der Waals surface area contributed by atoms with Crippen molar-refractivity contribution in [2.24, 2.45) is 0 Å². The van der Waals surface area contributed by atoms with Crippen LogP contribution in [0.4, 0.5) is 4.79 Å². The molecule has 1 aliphatic heterocycles. The molecule has 0 aliphatic carbocycles. The van der Waals surface area contributed by atoms with Crippen LogP contribution in [0, 0.1) is 17.2 Å². The molecule has 0 aromatic carbocycles. The van der Waals surface area contributed by atoms with E-state index < -0.39 is 10.2 Å². The summed E-state index contributed by atoms with van der Waals surface area (Å²) in [4.78, 5) is 18.5. The van der Waals surface area contributed by atoms with Crippen LogP contribution in [0.1, 0.15) is 5.56 Å². The average molecular weight is 323 g/mol. The van der Waals surface area contributed by atoms with Gasteiger partial charge in [0.15, 0.2) is 0 Å². The predicted octanol–water partition coefficient (Wildman–Crippen LogP) is -4.59. The maximum Gasteiger partial charge on any atom is 0.478 e. The molecule has 0 unspecified atom stereocenters. The summed E-state index contributed by atoms with van der Waals surface area (Å²) in [6, 6.07) is 3.76. The van der Waals surface area contributed by atoms with Crippen molar-refractivity contribution in [1.82, 2.24) is 4.90 Å². The third-order valence-corrected chi connectivity index (χ3v) is 2.42. The zero-order valence-electron chi connectivity index (χ0n) is 11.3. The Balaban J connectivity index is 0.000000383.